The molecule has 0 aliphatic heterocycles. The van der Waals surface area contributed by atoms with Crippen molar-refractivity contribution >= 4 is 22.6 Å². The second-order valence-electron chi connectivity index (χ2n) is 3.13. The summed E-state index contributed by atoms with van der Waals surface area (Å²) in [5.41, 5.74) is 1.69. The normalized spacial score (nSPS) is 12.5. The minimum Gasteiger partial charge on any atom is -0.392 e. The molecule has 82 valence electrons. The lowest BCUT2D eigenvalue weighted by molar-refractivity contribution is 0.316. The van der Waals surface area contributed by atoms with Crippen LogP contribution in [0.3, 0.4) is 0 Å². The van der Waals surface area contributed by atoms with E-state index in [0.717, 1.165) is 14.7 Å². The highest BCUT2D eigenvalue weighted by Gasteiger charge is 2.04. The lowest BCUT2D eigenvalue weighted by Gasteiger charge is -2.07. The van der Waals surface area contributed by atoms with Crippen molar-refractivity contribution in [1.29, 1.82) is 0 Å². The molecular weight excluding hydrogens is 310 g/mol. The highest BCUT2D eigenvalue weighted by molar-refractivity contribution is 14.1. The van der Waals surface area contributed by atoms with Crippen LogP contribution in [-0.4, -0.2) is 23.4 Å². The molecule has 0 fully saturated rings. The summed E-state index contributed by atoms with van der Waals surface area (Å²) in [5, 5.41) is 18.0. The molecule has 1 aromatic rings. The molecule has 0 bridgehead atoms. The van der Waals surface area contributed by atoms with Gasteiger partial charge < -0.3 is 10.2 Å². The standard InChI is InChI=1S/C11H12FIO2/c12-10-3-1-8(2-4-10)5-9(6-14)11(13)7-15/h1-4,14-15H,5-7H2/b11-9+. The average molecular weight is 322 g/mol. The van der Waals surface area contributed by atoms with Crippen molar-refractivity contribution in [2.45, 2.75) is 6.42 Å². The second kappa shape index (κ2) is 6.19. The maximum Gasteiger partial charge on any atom is 0.123 e. The molecule has 0 aliphatic carbocycles. The maximum absolute atomic E-state index is 12.6. The Bertz CT molecular complexity index is 346. The van der Waals surface area contributed by atoms with E-state index in [-0.39, 0.29) is 19.0 Å². The van der Waals surface area contributed by atoms with Gasteiger partial charge in [0.2, 0.25) is 0 Å². The summed E-state index contributed by atoms with van der Waals surface area (Å²) in [7, 11) is 0. The highest BCUT2D eigenvalue weighted by atomic mass is 127. The Kier molecular flexibility index (Phi) is 5.21. The Hall–Kier alpha value is -0.460. The first-order valence-electron chi connectivity index (χ1n) is 4.50. The summed E-state index contributed by atoms with van der Waals surface area (Å²) >= 11 is 2.00. The lowest BCUT2D eigenvalue weighted by Crippen LogP contribution is -2.00. The second-order valence-corrected chi connectivity index (χ2v) is 4.43. The molecule has 0 amide bonds. The van der Waals surface area contributed by atoms with E-state index < -0.39 is 0 Å². The number of hydrogen-bond acceptors (Lipinski definition) is 2. The Morgan fingerprint density at radius 2 is 1.73 bits per heavy atom. The molecule has 0 atom stereocenters. The third kappa shape index (κ3) is 3.89. The molecule has 0 saturated heterocycles. The quantitative estimate of drug-likeness (QED) is 0.833. The number of aliphatic hydroxyl groups is 2. The van der Waals surface area contributed by atoms with Crippen LogP contribution in [0, 0.1) is 5.82 Å². The fraction of sp³-hybridized carbons (Fsp3) is 0.273. The van der Waals surface area contributed by atoms with Gasteiger partial charge in [0.05, 0.1) is 13.2 Å². The van der Waals surface area contributed by atoms with Gasteiger partial charge in [-0.25, -0.2) is 4.39 Å². The van der Waals surface area contributed by atoms with Gasteiger partial charge in [-0.1, -0.05) is 12.1 Å². The highest BCUT2D eigenvalue weighted by Crippen LogP contribution is 2.17. The maximum atomic E-state index is 12.6. The van der Waals surface area contributed by atoms with Crippen molar-refractivity contribution < 1.29 is 14.6 Å². The Balaban J connectivity index is 2.80. The molecule has 15 heavy (non-hydrogen) atoms. The van der Waals surface area contributed by atoms with Gasteiger partial charge in [0.1, 0.15) is 5.82 Å². The fourth-order valence-corrected chi connectivity index (χ4v) is 1.56. The minimum atomic E-state index is -0.273. The fourth-order valence-electron chi connectivity index (χ4n) is 1.20. The topological polar surface area (TPSA) is 40.5 Å². The van der Waals surface area contributed by atoms with Crippen LogP contribution in [-0.2, 0) is 6.42 Å². The van der Waals surface area contributed by atoms with E-state index in [1.165, 1.54) is 12.1 Å². The summed E-state index contributed by atoms with van der Waals surface area (Å²) in [6.07, 6.45) is 0.537. The smallest absolute Gasteiger partial charge is 0.123 e. The van der Waals surface area contributed by atoms with Crippen LogP contribution in [0.1, 0.15) is 5.56 Å². The Morgan fingerprint density at radius 3 is 2.20 bits per heavy atom. The van der Waals surface area contributed by atoms with Crippen LogP contribution in [0.4, 0.5) is 4.39 Å². The van der Waals surface area contributed by atoms with Crippen molar-refractivity contribution in [3.63, 3.8) is 0 Å². The zero-order valence-electron chi connectivity index (χ0n) is 8.08. The summed E-state index contributed by atoms with van der Waals surface area (Å²) in [4.78, 5) is 0. The summed E-state index contributed by atoms with van der Waals surface area (Å²) in [5.74, 6) is -0.273. The molecule has 2 N–H and O–H groups in total. The minimum absolute atomic E-state index is 0.0718. The zero-order valence-corrected chi connectivity index (χ0v) is 10.2. The van der Waals surface area contributed by atoms with Crippen molar-refractivity contribution in [2.75, 3.05) is 13.2 Å². The van der Waals surface area contributed by atoms with Gasteiger partial charge in [0, 0.05) is 3.58 Å². The van der Waals surface area contributed by atoms with Crippen molar-refractivity contribution in [1.82, 2.24) is 0 Å². The van der Waals surface area contributed by atoms with Crippen LogP contribution in [0.2, 0.25) is 0 Å². The Morgan fingerprint density at radius 1 is 1.13 bits per heavy atom. The van der Waals surface area contributed by atoms with E-state index in [1.54, 1.807) is 12.1 Å². The number of halogens is 2. The molecule has 0 heterocycles. The van der Waals surface area contributed by atoms with Gasteiger partial charge in [0.25, 0.3) is 0 Å². The van der Waals surface area contributed by atoms with Gasteiger partial charge in [-0.3, -0.25) is 0 Å². The monoisotopic (exact) mass is 322 g/mol. The molecule has 2 nitrogen and oxygen atoms in total. The third-order valence-corrected chi connectivity index (χ3v) is 3.15. The van der Waals surface area contributed by atoms with E-state index in [9.17, 15) is 4.39 Å². The van der Waals surface area contributed by atoms with Crippen molar-refractivity contribution in [3.8, 4) is 0 Å². The number of aliphatic hydroxyl groups excluding tert-OH is 2. The first-order valence-corrected chi connectivity index (χ1v) is 5.57. The van der Waals surface area contributed by atoms with Crippen molar-refractivity contribution in [2.24, 2.45) is 0 Å². The first-order chi connectivity index (χ1) is 7.17. The Labute approximate surface area is 102 Å². The molecule has 0 aliphatic rings. The van der Waals surface area contributed by atoms with Crippen molar-refractivity contribution in [3.05, 3.63) is 44.8 Å². The third-order valence-electron chi connectivity index (χ3n) is 2.04. The van der Waals surface area contributed by atoms with Crippen LogP contribution >= 0.6 is 22.6 Å². The van der Waals surface area contributed by atoms with E-state index in [0.29, 0.717) is 6.42 Å². The average Bonchev–Trinajstić information content (AvgIpc) is 2.27. The molecule has 1 aromatic carbocycles. The SMILES string of the molecule is OC/C(I)=C(\CO)Cc1ccc(F)cc1. The molecule has 4 heteroatoms. The molecule has 0 unspecified atom stereocenters. The van der Waals surface area contributed by atoms with Gasteiger partial charge in [-0.2, -0.15) is 0 Å². The summed E-state index contributed by atoms with van der Waals surface area (Å²) in [6, 6.07) is 6.12. The van der Waals surface area contributed by atoms with Crippen LogP contribution in [0.25, 0.3) is 0 Å². The van der Waals surface area contributed by atoms with Crippen LogP contribution in [0.15, 0.2) is 33.4 Å². The molecule has 0 saturated carbocycles. The summed E-state index contributed by atoms with van der Waals surface area (Å²) in [6.45, 7) is -0.159. The van der Waals surface area contributed by atoms with Gasteiger partial charge in [0.15, 0.2) is 0 Å². The van der Waals surface area contributed by atoms with E-state index in [2.05, 4.69) is 0 Å². The molecular formula is C11H12FIO2. The molecule has 0 aromatic heterocycles. The van der Waals surface area contributed by atoms with Gasteiger partial charge >= 0.3 is 0 Å². The molecule has 1 rings (SSSR count). The van der Waals surface area contributed by atoms with Gasteiger partial charge in [-0.05, 0) is 52.3 Å². The largest absolute Gasteiger partial charge is 0.392 e. The number of rotatable bonds is 4. The van der Waals surface area contributed by atoms with E-state index >= 15 is 0 Å². The molecule has 0 radical (unpaired) electrons. The zero-order chi connectivity index (χ0) is 11.3. The van der Waals surface area contributed by atoms with Crippen LogP contribution < -0.4 is 0 Å². The predicted molar refractivity (Wildman–Crippen MR) is 65.3 cm³/mol. The lowest BCUT2D eigenvalue weighted by atomic mass is 10.1. The predicted octanol–water partition coefficient (Wildman–Crippen LogP) is 2.04. The summed E-state index contributed by atoms with van der Waals surface area (Å²) < 4.78 is 13.4. The van der Waals surface area contributed by atoms with E-state index in [4.69, 9.17) is 10.2 Å². The van der Waals surface area contributed by atoms with Gasteiger partial charge in [-0.15, -0.1) is 0 Å². The first kappa shape index (κ1) is 12.6. The van der Waals surface area contributed by atoms with E-state index in [1.807, 2.05) is 22.6 Å². The van der Waals surface area contributed by atoms with Crippen LogP contribution in [0.5, 0.6) is 0 Å². The number of hydrogen-bond donors (Lipinski definition) is 2. The number of benzene rings is 1. The molecule has 0 spiro atoms.